The summed E-state index contributed by atoms with van der Waals surface area (Å²) in [5.41, 5.74) is 6.11. The summed E-state index contributed by atoms with van der Waals surface area (Å²) in [6.07, 6.45) is 11.4. The number of fused-ring (bicyclic) bond motifs is 1. The quantitative estimate of drug-likeness (QED) is 0.311. The lowest BCUT2D eigenvalue weighted by Gasteiger charge is -2.25. The average Bonchev–Trinajstić information content (AvgIpc) is 3.19. The lowest BCUT2D eigenvalue weighted by Crippen LogP contribution is -2.31. The fourth-order valence-electron chi connectivity index (χ4n) is 4.49. The molecule has 2 aromatic rings. The topological polar surface area (TPSA) is 86.1 Å². The molecule has 1 unspecified atom stereocenters. The monoisotopic (exact) mass is 458 g/mol. The molecule has 0 aliphatic carbocycles. The molecule has 1 atom stereocenters. The van der Waals surface area contributed by atoms with Crippen LogP contribution in [0.3, 0.4) is 0 Å². The Morgan fingerprint density at radius 1 is 1.12 bits per heavy atom. The van der Waals surface area contributed by atoms with Crippen LogP contribution in [-0.2, 0) is 29.1 Å². The highest BCUT2D eigenvalue weighted by Crippen LogP contribution is 2.34. The van der Waals surface area contributed by atoms with Crippen molar-refractivity contribution in [1.82, 2.24) is 15.2 Å². The van der Waals surface area contributed by atoms with Gasteiger partial charge in [-0.05, 0) is 61.1 Å². The third kappa shape index (κ3) is 7.10. The lowest BCUT2D eigenvalue weighted by molar-refractivity contribution is -0.112. The third-order valence-corrected chi connectivity index (χ3v) is 6.39. The van der Waals surface area contributed by atoms with Gasteiger partial charge in [-0.3, -0.25) is 0 Å². The first-order valence-corrected chi connectivity index (χ1v) is 12.2. The van der Waals surface area contributed by atoms with Crippen LogP contribution in [0.2, 0.25) is 0 Å². The van der Waals surface area contributed by atoms with Crippen molar-refractivity contribution in [2.75, 3.05) is 6.54 Å². The van der Waals surface area contributed by atoms with Crippen molar-refractivity contribution in [2.24, 2.45) is 0 Å². The van der Waals surface area contributed by atoms with Gasteiger partial charge in [0.15, 0.2) is 0 Å². The molecule has 0 saturated heterocycles. The molecule has 6 nitrogen and oxygen atoms in total. The number of rotatable bonds is 15. The molecule has 1 N–H and O–H groups in total. The first-order valence-electron chi connectivity index (χ1n) is 12.2. The summed E-state index contributed by atoms with van der Waals surface area (Å²) in [4.78, 5) is 28.2. The average molecular weight is 459 g/mol. The third-order valence-electron chi connectivity index (χ3n) is 6.39. The maximum absolute atomic E-state index is 11.5. The minimum Gasteiger partial charge on any atom is -0.357 e. The summed E-state index contributed by atoms with van der Waals surface area (Å²) >= 11 is 0. The van der Waals surface area contributed by atoms with E-state index in [1.165, 1.54) is 36.8 Å². The molecular formula is C28H34N4O2. The molecule has 178 valence electrons. The molecule has 1 aliphatic heterocycles. The second kappa shape index (κ2) is 13.4. The number of aromatic nitrogens is 1. The number of hydrogen-bond acceptors (Lipinski definition) is 6. The number of aldehydes is 2. The fraction of sp³-hybridized carbons (Fsp3) is 0.429. The molecule has 2 heterocycles. The largest absolute Gasteiger partial charge is 0.357 e. The van der Waals surface area contributed by atoms with Gasteiger partial charge in [-0.1, -0.05) is 44.0 Å². The molecule has 0 saturated carbocycles. The number of carbonyl (C=O) groups is 2. The van der Waals surface area contributed by atoms with Crippen molar-refractivity contribution in [3.05, 3.63) is 71.1 Å². The van der Waals surface area contributed by atoms with Gasteiger partial charge in [0.2, 0.25) is 0 Å². The fourth-order valence-corrected chi connectivity index (χ4v) is 4.49. The Kier molecular flexibility index (Phi) is 9.99. The van der Waals surface area contributed by atoms with Crippen molar-refractivity contribution < 1.29 is 9.59 Å². The Labute approximate surface area is 202 Å². The molecule has 0 bridgehead atoms. The van der Waals surface area contributed by atoms with Gasteiger partial charge >= 0.3 is 0 Å². The second-order valence-electron chi connectivity index (χ2n) is 8.87. The summed E-state index contributed by atoms with van der Waals surface area (Å²) in [6.45, 7) is 6.62. The first kappa shape index (κ1) is 25.3. The summed E-state index contributed by atoms with van der Waals surface area (Å²) in [6, 6.07) is 12.1. The predicted molar refractivity (Wildman–Crippen MR) is 134 cm³/mol. The number of unbranched alkanes of at least 4 members (excludes halogenated alkanes) is 4. The zero-order valence-corrected chi connectivity index (χ0v) is 19.8. The Morgan fingerprint density at radius 2 is 1.94 bits per heavy atom. The molecule has 1 aromatic carbocycles. The van der Waals surface area contributed by atoms with Crippen LogP contribution in [0.25, 0.3) is 5.70 Å². The molecule has 1 aliphatic rings. The predicted octanol–water partition coefficient (Wildman–Crippen LogP) is 4.57. The van der Waals surface area contributed by atoms with Crippen molar-refractivity contribution in [3.8, 4) is 6.07 Å². The Bertz CT molecular complexity index is 1030. The Hall–Kier alpha value is -3.30. The zero-order chi connectivity index (χ0) is 24.2. The van der Waals surface area contributed by atoms with Crippen LogP contribution in [0.1, 0.15) is 72.9 Å². The number of nitriles is 1. The maximum Gasteiger partial charge on any atom is 0.142 e. The smallest absolute Gasteiger partial charge is 0.142 e. The highest BCUT2D eigenvalue weighted by atomic mass is 16.1. The number of benzene rings is 1. The van der Waals surface area contributed by atoms with Gasteiger partial charge in [0, 0.05) is 37.0 Å². The number of pyridine rings is 1. The van der Waals surface area contributed by atoms with Crippen LogP contribution in [-0.4, -0.2) is 35.0 Å². The van der Waals surface area contributed by atoms with Crippen molar-refractivity contribution in [1.29, 1.82) is 5.26 Å². The molecule has 34 heavy (non-hydrogen) atoms. The van der Waals surface area contributed by atoms with E-state index >= 15 is 0 Å². The van der Waals surface area contributed by atoms with E-state index in [1.807, 2.05) is 17.0 Å². The zero-order valence-electron chi connectivity index (χ0n) is 19.8. The summed E-state index contributed by atoms with van der Waals surface area (Å²) in [5.74, 6) is 0. The minimum atomic E-state index is -0.289. The van der Waals surface area contributed by atoms with E-state index in [4.69, 9.17) is 5.26 Å². The van der Waals surface area contributed by atoms with Crippen molar-refractivity contribution >= 4 is 18.3 Å². The van der Waals surface area contributed by atoms with Crippen LogP contribution < -0.4 is 5.32 Å². The standard InChI is InChI=1S/C28H34N4O2/c1-22-28-11-10-23(16-25(28)20-32(22)27(21-34)9-7-15-33)8-5-3-2-4-6-13-30-19-24-12-14-31-26(17-24)18-29/h10-12,14-17,21,27,30H,1-9,13,19-20H2. The number of carbonyl (C=O) groups excluding carboxylic acids is 2. The van der Waals surface area contributed by atoms with Gasteiger partial charge in [-0.2, -0.15) is 5.26 Å². The molecule has 1 aromatic heterocycles. The Morgan fingerprint density at radius 3 is 2.74 bits per heavy atom. The van der Waals surface area contributed by atoms with Crippen LogP contribution >= 0.6 is 0 Å². The molecule has 0 fully saturated rings. The van der Waals surface area contributed by atoms with Crippen molar-refractivity contribution in [3.63, 3.8) is 0 Å². The molecule has 3 rings (SSSR count). The molecule has 0 spiro atoms. The molecular weight excluding hydrogens is 424 g/mol. The molecule has 6 heteroatoms. The van der Waals surface area contributed by atoms with E-state index in [-0.39, 0.29) is 6.04 Å². The number of nitrogens with one attached hydrogen (secondary N) is 1. The number of aryl methyl sites for hydroxylation is 1. The van der Waals surface area contributed by atoms with E-state index in [1.54, 1.807) is 6.20 Å². The summed E-state index contributed by atoms with van der Waals surface area (Å²) in [7, 11) is 0. The van der Waals surface area contributed by atoms with E-state index < -0.39 is 0 Å². The van der Waals surface area contributed by atoms with Crippen LogP contribution in [0.4, 0.5) is 0 Å². The number of nitrogens with zero attached hydrogens (tertiary/aromatic N) is 3. The molecule has 0 radical (unpaired) electrons. The van der Waals surface area contributed by atoms with Gasteiger partial charge in [-0.15, -0.1) is 0 Å². The Balaban J connectivity index is 1.32. The van der Waals surface area contributed by atoms with E-state index in [2.05, 4.69) is 41.1 Å². The lowest BCUT2D eigenvalue weighted by atomic mass is 10.0. The summed E-state index contributed by atoms with van der Waals surface area (Å²) < 4.78 is 0. The van der Waals surface area contributed by atoms with E-state index in [0.717, 1.165) is 55.3 Å². The molecule has 0 amide bonds. The number of hydrogen-bond donors (Lipinski definition) is 1. The van der Waals surface area contributed by atoms with Crippen molar-refractivity contribution in [2.45, 2.75) is 70.5 Å². The summed E-state index contributed by atoms with van der Waals surface area (Å²) in [5, 5.41) is 12.3. The second-order valence-corrected chi connectivity index (χ2v) is 8.87. The van der Waals surface area contributed by atoms with Gasteiger partial charge in [0.05, 0.1) is 6.04 Å². The van der Waals surface area contributed by atoms with Gasteiger partial charge in [-0.25, -0.2) is 4.98 Å². The van der Waals surface area contributed by atoms with Gasteiger partial charge in [0.1, 0.15) is 24.3 Å². The van der Waals surface area contributed by atoms with Crippen LogP contribution in [0.15, 0.2) is 43.1 Å². The van der Waals surface area contributed by atoms with E-state index in [0.29, 0.717) is 25.1 Å². The van der Waals surface area contributed by atoms with E-state index in [9.17, 15) is 9.59 Å². The van der Waals surface area contributed by atoms with Crippen LogP contribution in [0, 0.1) is 11.3 Å². The maximum atomic E-state index is 11.5. The van der Waals surface area contributed by atoms with Gasteiger partial charge in [0.25, 0.3) is 0 Å². The highest BCUT2D eigenvalue weighted by Gasteiger charge is 2.28. The first-order chi connectivity index (χ1) is 16.7. The van der Waals surface area contributed by atoms with Crippen LogP contribution in [0.5, 0.6) is 0 Å². The SMILES string of the molecule is C=C1c2ccc(CCCCCCCNCc3ccnc(C#N)c3)cc2CN1C(C=O)CCC=O. The minimum absolute atomic E-state index is 0.289. The van der Waals surface area contributed by atoms with Gasteiger partial charge < -0.3 is 19.8 Å². The highest BCUT2D eigenvalue weighted by molar-refractivity contribution is 5.73. The normalized spacial score (nSPS) is 13.4.